The van der Waals surface area contributed by atoms with Gasteiger partial charge in [-0.25, -0.2) is 4.79 Å². The van der Waals surface area contributed by atoms with Crippen LogP contribution in [0.1, 0.15) is 36.3 Å². The first-order valence-corrected chi connectivity index (χ1v) is 11.0. The Kier molecular flexibility index (Phi) is 4.80. The van der Waals surface area contributed by atoms with Gasteiger partial charge in [-0.1, -0.05) is 36.4 Å². The molecular formula is C24H26N4O4. The fraction of sp³-hybridized carbons (Fsp3) is 0.375. The number of phenolic OH excluding ortho intramolecular Hbond substituents is 1. The van der Waals surface area contributed by atoms with Gasteiger partial charge in [0.1, 0.15) is 5.75 Å². The lowest BCUT2D eigenvalue weighted by Gasteiger charge is -2.41. The fourth-order valence-corrected chi connectivity index (χ4v) is 5.68. The largest absolute Gasteiger partial charge is 0.508 e. The number of nitrogens with zero attached hydrogens (tertiary/aromatic N) is 2. The molecule has 3 unspecified atom stereocenters. The molecule has 1 spiro atoms. The Morgan fingerprint density at radius 2 is 1.72 bits per heavy atom. The molecule has 5 rings (SSSR count). The Morgan fingerprint density at radius 3 is 2.44 bits per heavy atom. The summed E-state index contributed by atoms with van der Waals surface area (Å²) < 4.78 is 0. The van der Waals surface area contributed by atoms with Crippen molar-refractivity contribution in [2.75, 3.05) is 25.0 Å². The molecule has 3 heterocycles. The highest BCUT2D eigenvalue weighted by Crippen LogP contribution is 2.58. The number of benzene rings is 2. The number of fused-ring (bicyclic) bond motifs is 2. The third-order valence-electron chi connectivity index (χ3n) is 7.08. The Labute approximate surface area is 186 Å². The number of nitrogens with one attached hydrogen (secondary N) is 1. The normalized spacial score (nSPS) is 26.8. The van der Waals surface area contributed by atoms with Crippen LogP contribution >= 0.6 is 0 Å². The van der Waals surface area contributed by atoms with Gasteiger partial charge < -0.3 is 26.0 Å². The quantitative estimate of drug-likeness (QED) is 0.673. The summed E-state index contributed by atoms with van der Waals surface area (Å²) in [7, 11) is 0. The monoisotopic (exact) mass is 434 g/mol. The molecule has 3 aliphatic rings. The van der Waals surface area contributed by atoms with E-state index in [0.29, 0.717) is 29.9 Å². The Bertz CT molecular complexity index is 1100. The minimum Gasteiger partial charge on any atom is -0.508 e. The molecule has 3 aliphatic heterocycles. The minimum absolute atomic E-state index is 0.00538. The van der Waals surface area contributed by atoms with E-state index in [-0.39, 0.29) is 24.2 Å². The predicted octanol–water partition coefficient (Wildman–Crippen LogP) is 2.35. The van der Waals surface area contributed by atoms with E-state index in [1.54, 1.807) is 35.2 Å². The summed E-state index contributed by atoms with van der Waals surface area (Å²) in [6.07, 6.45) is 2.86. The first-order chi connectivity index (χ1) is 15.5. The molecule has 2 fully saturated rings. The minimum atomic E-state index is -1.48. The van der Waals surface area contributed by atoms with Crippen molar-refractivity contribution < 1.29 is 19.5 Å². The zero-order chi connectivity index (χ0) is 22.5. The third-order valence-corrected chi connectivity index (χ3v) is 7.08. The number of carbonyl (C=O) groups is 3. The molecule has 3 atom stereocenters. The second-order valence-electron chi connectivity index (χ2n) is 8.75. The Balaban J connectivity index is 1.75. The standard InChI is InChI=1S/C24H26N4O4/c25-21(30)16-14-28(23(32)27-12-6-1-7-13-27)24(20(16)15-8-2-5-11-19(15)29)17-9-3-4-10-18(17)26-22(24)31/h2-5,8-11,16,20,29H,1,6-7,12-14H2,(H2,25,30)(H,26,31). The van der Waals surface area contributed by atoms with E-state index in [2.05, 4.69) is 5.32 Å². The number of piperidine rings is 1. The maximum Gasteiger partial charge on any atom is 0.321 e. The molecular weight excluding hydrogens is 408 g/mol. The van der Waals surface area contributed by atoms with Crippen molar-refractivity contribution in [1.29, 1.82) is 0 Å². The van der Waals surface area contributed by atoms with Gasteiger partial charge in [-0.3, -0.25) is 9.59 Å². The average molecular weight is 434 g/mol. The number of para-hydroxylation sites is 2. The maximum atomic E-state index is 13.8. The molecule has 4 amide bonds. The topological polar surface area (TPSA) is 116 Å². The number of nitrogens with two attached hydrogens (primary N) is 1. The molecule has 0 saturated carbocycles. The molecule has 0 aromatic heterocycles. The number of rotatable bonds is 2. The molecule has 32 heavy (non-hydrogen) atoms. The fourth-order valence-electron chi connectivity index (χ4n) is 5.68. The van der Waals surface area contributed by atoms with Crippen LogP contribution in [-0.4, -0.2) is 52.4 Å². The van der Waals surface area contributed by atoms with Gasteiger partial charge in [0.05, 0.1) is 5.92 Å². The molecule has 4 N–H and O–H groups in total. The molecule has 2 saturated heterocycles. The van der Waals surface area contributed by atoms with Gasteiger partial charge in [0.2, 0.25) is 5.91 Å². The summed E-state index contributed by atoms with van der Waals surface area (Å²) in [6.45, 7) is 1.22. The van der Waals surface area contributed by atoms with Gasteiger partial charge in [-0.15, -0.1) is 0 Å². The highest BCUT2D eigenvalue weighted by Gasteiger charge is 2.66. The van der Waals surface area contributed by atoms with Crippen LogP contribution in [0.3, 0.4) is 0 Å². The average Bonchev–Trinajstić information content (AvgIpc) is 3.31. The molecule has 8 nitrogen and oxygen atoms in total. The number of phenols is 1. The SMILES string of the molecule is NC(=O)C1CN(C(=O)N2CCCCC2)C2(C(=O)Nc3ccccc32)C1c1ccccc1O. The van der Waals surface area contributed by atoms with Crippen molar-refractivity contribution in [2.45, 2.75) is 30.7 Å². The number of urea groups is 1. The number of hydrogen-bond donors (Lipinski definition) is 3. The molecule has 8 heteroatoms. The smallest absolute Gasteiger partial charge is 0.321 e. The van der Waals surface area contributed by atoms with E-state index in [0.717, 1.165) is 19.3 Å². The number of anilines is 1. The van der Waals surface area contributed by atoms with E-state index in [9.17, 15) is 19.5 Å². The zero-order valence-corrected chi connectivity index (χ0v) is 17.7. The number of primary amides is 1. The highest BCUT2D eigenvalue weighted by molar-refractivity contribution is 6.09. The summed E-state index contributed by atoms with van der Waals surface area (Å²) in [4.78, 5) is 43.5. The lowest BCUT2D eigenvalue weighted by molar-refractivity contribution is -0.126. The summed E-state index contributed by atoms with van der Waals surface area (Å²) in [6, 6.07) is 13.6. The summed E-state index contributed by atoms with van der Waals surface area (Å²) in [5, 5.41) is 13.6. The van der Waals surface area contributed by atoms with E-state index < -0.39 is 23.3 Å². The highest BCUT2D eigenvalue weighted by atomic mass is 16.3. The first kappa shape index (κ1) is 20.4. The Hall–Kier alpha value is -3.55. The lowest BCUT2D eigenvalue weighted by atomic mass is 9.71. The van der Waals surface area contributed by atoms with Gasteiger partial charge in [0.25, 0.3) is 5.91 Å². The van der Waals surface area contributed by atoms with Gasteiger partial charge >= 0.3 is 6.03 Å². The van der Waals surface area contributed by atoms with E-state index in [4.69, 9.17) is 5.73 Å². The summed E-state index contributed by atoms with van der Waals surface area (Å²) >= 11 is 0. The van der Waals surface area contributed by atoms with Crippen LogP contribution < -0.4 is 11.1 Å². The third kappa shape index (κ3) is 2.78. The van der Waals surface area contributed by atoms with Crippen LogP contribution in [0, 0.1) is 5.92 Å². The number of aromatic hydroxyl groups is 1. The molecule has 0 bridgehead atoms. The van der Waals surface area contributed by atoms with Gasteiger partial charge in [-0.2, -0.15) is 0 Å². The molecule has 2 aromatic carbocycles. The molecule has 166 valence electrons. The Morgan fingerprint density at radius 1 is 1.03 bits per heavy atom. The first-order valence-electron chi connectivity index (χ1n) is 11.0. The van der Waals surface area contributed by atoms with Crippen molar-refractivity contribution in [3.05, 3.63) is 59.7 Å². The molecule has 0 radical (unpaired) electrons. The van der Waals surface area contributed by atoms with Crippen molar-refractivity contribution in [2.24, 2.45) is 11.7 Å². The second-order valence-corrected chi connectivity index (χ2v) is 8.75. The van der Waals surface area contributed by atoms with Crippen molar-refractivity contribution in [1.82, 2.24) is 9.80 Å². The molecule has 0 aliphatic carbocycles. The van der Waals surface area contributed by atoms with E-state index >= 15 is 0 Å². The lowest BCUT2D eigenvalue weighted by Crippen LogP contribution is -2.56. The van der Waals surface area contributed by atoms with Crippen molar-refractivity contribution in [3.8, 4) is 5.75 Å². The number of carbonyl (C=O) groups excluding carboxylic acids is 3. The number of amides is 4. The van der Waals surface area contributed by atoms with Crippen molar-refractivity contribution >= 4 is 23.5 Å². The van der Waals surface area contributed by atoms with Gasteiger partial charge in [0, 0.05) is 42.4 Å². The van der Waals surface area contributed by atoms with Crippen LogP contribution in [0.15, 0.2) is 48.5 Å². The zero-order valence-electron chi connectivity index (χ0n) is 17.7. The van der Waals surface area contributed by atoms with Gasteiger partial charge in [0.15, 0.2) is 5.54 Å². The summed E-state index contributed by atoms with van der Waals surface area (Å²) in [5.74, 6) is -2.69. The number of likely N-dealkylation sites (tertiary alicyclic amines) is 2. The second kappa shape index (κ2) is 7.55. The van der Waals surface area contributed by atoms with Gasteiger partial charge in [-0.05, 0) is 31.4 Å². The van der Waals surface area contributed by atoms with Crippen LogP contribution in [0.25, 0.3) is 0 Å². The van der Waals surface area contributed by atoms with Crippen LogP contribution in [0.2, 0.25) is 0 Å². The van der Waals surface area contributed by atoms with Crippen LogP contribution in [0.4, 0.5) is 10.5 Å². The maximum absolute atomic E-state index is 13.8. The summed E-state index contributed by atoms with van der Waals surface area (Å²) in [5.41, 5.74) is 5.99. The van der Waals surface area contributed by atoms with Crippen LogP contribution in [0.5, 0.6) is 5.75 Å². The molecule has 2 aromatic rings. The van der Waals surface area contributed by atoms with E-state index in [1.807, 2.05) is 12.1 Å². The van der Waals surface area contributed by atoms with Crippen molar-refractivity contribution in [3.63, 3.8) is 0 Å². The van der Waals surface area contributed by atoms with E-state index in [1.165, 1.54) is 11.0 Å². The predicted molar refractivity (Wildman–Crippen MR) is 118 cm³/mol. The van der Waals surface area contributed by atoms with Crippen LogP contribution in [-0.2, 0) is 15.1 Å². The number of hydrogen-bond acceptors (Lipinski definition) is 4.